The van der Waals surface area contributed by atoms with Crippen LogP contribution in [0.2, 0.25) is 0 Å². The molecule has 0 radical (unpaired) electrons. The molecule has 0 aliphatic heterocycles. The lowest BCUT2D eigenvalue weighted by molar-refractivity contribution is 0.0696. The highest BCUT2D eigenvalue weighted by Crippen LogP contribution is 2.18. The highest BCUT2D eigenvalue weighted by Gasteiger charge is 2.16. The van der Waals surface area contributed by atoms with E-state index in [1.165, 1.54) is 6.07 Å². The highest BCUT2D eigenvalue weighted by atomic mass is 16.4. The fraction of sp³-hybridized carbons (Fsp3) is 0.250. The van der Waals surface area contributed by atoms with Crippen LogP contribution in [0.25, 0.3) is 0 Å². The molecule has 2 rings (SSSR count). The molecule has 0 saturated heterocycles. The monoisotopic (exact) mass is 287 g/mol. The lowest BCUT2D eigenvalue weighted by Crippen LogP contribution is -2.28. The van der Waals surface area contributed by atoms with Gasteiger partial charge in [-0.25, -0.2) is 4.79 Å². The standard InChI is InChI=1S/C16H17NO4/c1-2-11(12-6-4-3-5-7-12)9-17-15(18)14-8-13(10-21-14)16(19)20/h3-8,10-11H,2,9H2,1H3,(H,17,18)(H,19,20). The second-order valence-corrected chi connectivity index (χ2v) is 4.73. The molecule has 5 nitrogen and oxygen atoms in total. The second-order valence-electron chi connectivity index (χ2n) is 4.73. The third-order valence-electron chi connectivity index (χ3n) is 3.34. The van der Waals surface area contributed by atoms with Gasteiger partial charge in [0.25, 0.3) is 5.91 Å². The second kappa shape index (κ2) is 6.74. The van der Waals surface area contributed by atoms with E-state index >= 15 is 0 Å². The van der Waals surface area contributed by atoms with Crippen LogP contribution in [-0.2, 0) is 0 Å². The molecule has 21 heavy (non-hydrogen) atoms. The summed E-state index contributed by atoms with van der Waals surface area (Å²) in [5, 5.41) is 11.6. The number of hydrogen-bond acceptors (Lipinski definition) is 3. The van der Waals surface area contributed by atoms with Gasteiger partial charge in [-0.1, -0.05) is 37.3 Å². The van der Waals surface area contributed by atoms with Gasteiger partial charge in [-0.2, -0.15) is 0 Å². The van der Waals surface area contributed by atoms with E-state index in [1.807, 2.05) is 30.3 Å². The van der Waals surface area contributed by atoms with Crippen LogP contribution in [0.5, 0.6) is 0 Å². The highest BCUT2D eigenvalue weighted by molar-refractivity contribution is 5.95. The number of rotatable bonds is 6. The summed E-state index contributed by atoms with van der Waals surface area (Å²) in [6.45, 7) is 2.53. The minimum Gasteiger partial charge on any atom is -0.478 e. The fourth-order valence-corrected chi connectivity index (χ4v) is 2.09. The van der Waals surface area contributed by atoms with E-state index in [4.69, 9.17) is 9.52 Å². The van der Waals surface area contributed by atoms with Crippen molar-refractivity contribution >= 4 is 11.9 Å². The summed E-state index contributed by atoms with van der Waals surface area (Å²) in [5.74, 6) is -1.30. The molecule has 1 amide bonds. The van der Waals surface area contributed by atoms with Gasteiger partial charge >= 0.3 is 5.97 Å². The predicted octanol–water partition coefficient (Wildman–Crippen LogP) is 2.90. The Morgan fingerprint density at radius 2 is 2.00 bits per heavy atom. The minimum atomic E-state index is -1.12. The molecule has 0 bridgehead atoms. The zero-order chi connectivity index (χ0) is 15.2. The molecule has 1 aromatic heterocycles. The molecule has 2 aromatic rings. The Kier molecular flexibility index (Phi) is 4.77. The van der Waals surface area contributed by atoms with Crippen molar-refractivity contribution in [1.29, 1.82) is 0 Å². The normalized spacial score (nSPS) is 11.9. The quantitative estimate of drug-likeness (QED) is 0.856. The third-order valence-corrected chi connectivity index (χ3v) is 3.34. The fourth-order valence-electron chi connectivity index (χ4n) is 2.09. The number of hydrogen-bond donors (Lipinski definition) is 2. The zero-order valence-electron chi connectivity index (χ0n) is 11.7. The van der Waals surface area contributed by atoms with Gasteiger partial charge in [0.2, 0.25) is 0 Å². The van der Waals surface area contributed by atoms with Crippen LogP contribution in [0.3, 0.4) is 0 Å². The Morgan fingerprint density at radius 1 is 1.29 bits per heavy atom. The average Bonchev–Trinajstić information content (AvgIpc) is 2.99. The Hall–Kier alpha value is -2.56. The maximum Gasteiger partial charge on any atom is 0.338 e. The molecule has 1 heterocycles. The summed E-state index contributed by atoms with van der Waals surface area (Å²) in [5.41, 5.74) is 1.13. The first kappa shape index (κ1) is 14.8. The Morgan fingerprint density at radius 3 is 2.57 bits per heavy atom. The van der Waals surface area contributed by atoms with Gasteiger partial charge < -0.3 is 14.8 Å². The average molecular weight is 287 g/mol. The lowest BCUT2D eigenvalue weighted by atomic mass is 9.96. The van der Waals surface area contributed by atoms with Crippen LogP contribution in [-0.4, -0.2) is 23.5 Å². The van der Waals surface area contributed by atoms with E-state index in [1.54, 1.807) is 0 Å². The maximum absolute atomic E-state index is 11.9. The Bertz CT molecular complexity index is 618. The van der Waals surface area contributed by atoms with Crippen molar-refractivity contribution in [3.8, 4) is 0 Å². The first-order chi connectivity index (χ1) is 10.1. The number of benzene rings is 1. The molecular formula is C16H17NO4. The topological polar surface area (TPSA) is 79.5 Å². The Balaban J connectivity index is 1.97. The van der Waals surface area contributed by atoms with Gasteiger partial charge in [0.1, 0.15) is 6.26 Å². The molecule has 0 fully saturated rings. The van der Waals surface area contributed by atoms with Crippen molar-refractivity contribution in [3.63, 3.8) is 0 Å². The zero-order valence-corrected chi connectivity index (χ0v) is 11.7. The first-order valence-electron chi connectivity index (χ1n) is 6.76. The van der Waals surface area contributed by atoms with E-state index < -0.39 is 11.9 Å². The molecule has 110 valence electrons. The molecule has 1 aromatic carbocycles. The summed E-state index contributed by atoms with van der Waals surface area (Å²) in [4.78, 5) is 22.7. The Labute approximate surface area is 122 Å². The molecule has 5 heteroatoms. The molecule has 0 saturated carbocycles. The van der Waals surface area contributed by atoms with Crippen molar-refractivity contribution < 1.29 is 19.1 Å². The third kappa shape index (κ3) is 3.72. The van der Waals surface area contributed by atoms with Gasteiger partial charge in [0, 0.05) is 18.5 Å². The molecular weight excluding hydrogens is 270 g/mol. The number of carboxylic acid groups (broad SMARTS) is 1. The van der Waals surface area contributed by atoms with Gasteiger partial charge in [-0.3, -0.25) is 4.79 Å². The number of furan rings is 1. The van der Waals surface area contributed by atoms with E-state index in [0.717, 1.165) is 18.2 Å². The van der Waals surface area contributed by atoms with E-state index in [2.05, 4.69) is 12.2 Å². The lowest BCUT2D eigenvalue weighted by Gasteiger charge is -2.15. The maximum atomic E-state index is 11.9. The number of aromatic carboxylic acids is 1. The summed E-state index contributed by atoms with van der Waals surface area (Å²) in [6.07, 6.45) is 1.95. The van der Waals surface area contributed by atoms with Crippen molar-refractivity contribution in [2.45, 2.75) is 19.3 Å². The van der Waals surface area contributed by atoms with Crippen LogP contribution in [0.15, 0.2) is 47.1 Å². The molecule has 1 atom stereocenters. The smallest absolute Gasteiger partial charge is 0.338 e. The van der Waals surface area contributed by atoms with Gasteiger partial charge in [-0.05, 0) is 12.0 Å². The van der Waals surface area contributed by atoms with Crippen LogP contribution in [0.1, 0.15) is 45.7 Å². The minimum absolute atomic E-state index is 0.00955. The molecule has 0 spiro atoms. The largest absolute Gasteiger partial charge is 0.478 e. The molecule has 0 aliphatic rings. The summed E-state index contributed by atoms with van der Waals surface area (Å²) in [6, 6.07) is 11.1. The van der Waals surface area contributed by atoms with Crippen molar-refractivity contribution in [2.75, 3.05) is 6.54 Å². The van der Waals surface area contributed by atoms with Gasteiger partial charge in [0.05, 0.1) is 5.56 Å². The van der Waals surface area contributed by atoms with Crippen LogP contribution < -0.4 is 5.32 Å². The van der Waals surface area contributed by atoms with Crippen molar-refractivity contribution in [2.24, 2.45) is 0 Å². The summed E-state index contributed by atoms with van der Waals surface area (Å²) in [7, 11) is 0. The summed E-state index contributed by atoms with van der Waals surface area (Å²) < 4.78 is 4.97. The van der Waals surface area contributed by atoms with Crippen molar-refractivity contribution in [3.05, 3.63) is 59.5 Å². The number of carbonyl (C=O) groups is 2. The SMILES string of the molecule is CCC(CNC(=O)c1cc(C(=O)O)co1)c1ccccc1. The first-order valence-corrected chi connectivity index (χ1v) is 6.76. The number of carbonyl (C=O) groups excluding carboxylic acids is 1. The van der Waals surface area contributed by atoms with Crippen LogP contribution >= 0.6 is 0 Å². The number of nitrogens with one attached hydrogen (secondary N) is 1. The molecule has 0 aliphatic carbocycles. The summed E-state index contributed by atoms with van der Waals surface area (Å²) >= 11 is 0. The number of amides is 1. The van der Waals surface area contributed by atoms with Crippen LogP contribution in [0.4, 0.5) is 0 Å². The molecule has 1 unspecified atom stereocenters. The van der Waals surface area contributed by atoms with Crippen molar-refractivity contribution in [1.82, 2.24) is 5.32 Å². The van der Waals surface area contributed by atoms with Gasteiger partial charge in [-0.15, -0.1) is 0 Å². The van der Waals surface area contributed by atoms with E-state index in [-0.39, 0.29) is 17.2 Å². The molecule has 2 N–H and O–H groups in total. The number of carboxylic acids is 1. The van der Waals surface area contributed by atoms with E-state index in [9.17, 15) is 9.59 Å². The van der Waals surface area contributed by atoms with Crippen LogP contribution in [0, 0.1) is 0 Å². The predicted molar refractivity (Wildman–Crippen MR) is 77.5 cm³/mol. The van der Waals surface area contributed by atoms with Gasteiger partial charge in [0.15, 0.2) is 5.76 Å². The van der Waals surface area contributed by atoms with E-state index in [0.29, 0.717) is 6.54 Å².